The molecule has 0 saturated carbocycles. The van der Waals surface area contributed by atoms with Crippen molar-refractivity contribution >= 4 is 8.80 Å². The summed E-state index contributed by atoms with van der Waals surface area (Å²) in [7, 11) is -0.175. The summed E-state index contributed by atoms with van der Waals surface area (Å²) in [5.41, 5.74) is 5.53. The highest BCUT2D eigenvalue weighted by Gasteiger charge is 2.34. The molecule has 0 atom stereocenters. The van der Waals surface area contributed by atoms with Gasteiger partial charge in [-0.2, -0.15) is 0 Å². The topological polar surface area (TPSA) is 38.0 Å². The molecule has 3 heteroatoms. The maximum atomic E-state index is 5.53. The molecule has 10 heavy (non-hydrogen) atoms. The van der Waals surface area contributed by atoms with E-state index in [1.54, 1.807) is 0 Å². The summed E-state index contributed by atoms with van der Waals surface area (Å²) in [5.74, 6) is 0. The lowest BCUT2D eigenvalue weighted by molar-refractivity contribution is 0.573. The fourth-order valence-electron chi connectivity index (χ4n) is 1.58. The lowest BCUT2D eigenvalue weighted by Crippen LogP contribution is -2.45. The van der Waals surface area contributed by atoms with Crippen molar-refractivity contribution in [3.8, 4) is 0 Å². The van der Waals surface area contributed by atoms with Gasteiger partial charge in [-0.15, -0.1) is 0 Å². The Hall–Kier alpha value is 0.137. The summed E-state index contributed by atoms with van der Waals surface area (Å²) in [6, 6.07) is 2.67. The van der Waals surface area contributed by atoms with Crippen molar-refractivity contribution in [1.82, 2.24) is 5.32 Å². The first-order chi connectivity index (χ1) is 4.67. The van der Waals surface area contributed by atoms with Crippen molar-refractivity contribution in [3.05, 3.63) is 0 Å². The van der Waals surface area contributed by atoms with E-state index in [-0.39, 0.29) is 8.80 Å². The van der Waals surface area contributed by atoms with Crippen LogP contribution in [0.3, 0.4) is 0 Å². The molecule has 1 heterocycles. The van der Waals surface area contributed by atoms with Gasteiger partial charge in [-0.25, -0.2) is 0 Å². The smallest absolute Gasteiger partial charge is 0.0748 e. The third-order valence-corrected chi connectivity index (χ3v) is 6.01. The number of nitrogens with one attached hydrogen (secondary N) is 1. The van der Waals surface area contributed by atoms with E-state index in [1.807, 2.05) is 0 Å². The summed E-state index contributed by atoms with van der Waals surface area (Å²) in [5, 5.41) is 3.96. The van der Waals surface area contributed by atoms with E-state index < -0.39 is 0 Å². The monoisotopic (exact) mass is 157 g/mol. The normalized spacial score (nSPS) is 25.5. The third kappa shape index (κ3) is 1.59. The number of nitrogens with two attached hydrogens (primary N) is 1. The molecule has 1 radical (unpaired) electrons. The molecule has 1 aliphatic heterocycles. The van der Waals surface area contributed by atoms with Crippen molar-refractivity contribution in [1.29, 1.82) is 0 Å². The Morgan fingerprint density at radius 2 is 2.30 bits per heavy atom. The first-order valence-corrected chi connectivity index (χ1v) is 5.88. The van der Waals surface area contributed by atoms with Gasteiger partial charge in [0, 0.05) is 5.16 Å². The molecular weight excluding hydrogens is 140 g/mol. The molecule has 1 aliphatic rings. The van der Waals surface area contributed by atoms with Crippen LogP contribution in [-0.4, -0.2) is 27.0 Å². The van der Waals surface area contributed by atoms with Crippen molar-refractivity contribution < 1.29 is 0 Å². The van der Waals surface area contributed by atoms with Gasteiger partial charge in [0.2, 0.25) is 0 Å². The second-order valence-corrected chi connectivity index (χ2v) is 6.90. The van der Waals surface area contributed by atoms with Crippen molar-refractivity contribution in [3.63, 3.8) is 0 Å². The molecule has 1 saturated heterocycles. The summed E-state index contributed by atoms with van der Waals surface area (Å²) in [6.45, 7) is 6.70. The average Bonchev–Trinajstić information content (AvgIpc) is 2.13. The van der Waals surface area contributed by atoms with Gasteiger partial charge in [0.15, 0.2) is 0 Å². The van der Waals surface area contributed by atoms with Gasteiger partial charge in [-0.3, -0.25) is 0 Å². The lowest BCUT2D eigenvalue weighted by Gasteiger charge is -2.25. The summed E-state index contributed by atoms with van der Waals surface area (Å²) in [6.07, 6.45) is 0. The SMILES string of the molecule is CC1(C)NCC[Si]1CCN. The molecule has 0 aromatic rings. The average molecular weight is 157 g/mol. The minimum absolute atomic E-state index is 0.175. The van der Waals surface area contributed by atoms with Crippen molar-refractivity contribution in [2.75, 3.05) is 13.1 Å². The molecule has 0 spiro atoms. The van der Waals surface area contributed by atoms with Gasteiger partial charge in [0.05, 0.1) is 8.80 Å². The maximum Gasteiger partial charge on any atom is 0.0748 e. The van der Waals surface area contributed by atoms with Gasteiger partial charge in [0.25, 0.3) is 0 Å². The molecule has 1 fully saturated rings. The van der Waals surface area contributed by atoms with Crippen LogP contribution in [0.5, 0.6) is 0 Å². The molecule has 0 amide bonds. The largest absolute Gasteiger partial charge is 0.331 e. The van der Waals surface area contributed by atoms with Gasteiger partial charge < -0.3 is 11.1 Å². The molecule has 3 N–H and O–H groups in total. The molecule has 0 aromatic carbocycles. The van der Waals surface area contributed by atoms with E-state index in [1.165, 1.54) is 18.6 Å². The van der Waals surface area contributed by atoms with Crippen LogP contribution in [0, 0.1) is 0 Å². The van der Waals surface area contributed by atoms with Crippen molar-refractivity contribution in [2.45, 2.75) is 31.1 Å². The van der Waals surface area contributed by atoms with Crippen LogP contribution in [0.1, 0.15) is 13.8 Å². The standard InChI is InChI=1S/C7H17N2Si/c1-7(2)9-4-6-10(7)5-3-8/h9H,3-6,8H2,1-2H3. The molecule has 1 rings (SSSR count). The van der Waals surface area contributed by atoms with E-state index in [0.29, 0.717) is 5.16 Å². The molecule has 0 aromatic heterocycles. The first kappa shape index (κ1) is 8.24. The van der Waals surface area contributed by atoms with Crippen LogP contribution in [0.2, 0.25) is 12.1 Å². The van der Waals surface area contributed by atoms with Crippen LogP contribution in [-0.2, 0) is 0 Å². The predicted molar refractivity (Wildman–Crippen MR) is 46.5 cm³/mol. The molecule has 59 valence electrons. The van der Waals surface area contributed by atoms with E-state index in [2.05, 4.69) is 19.2 Å². The minimum atomic E-state index is -0.175. The van der Waals surface area contributed by atoms with Crippen LogP contribution >= 0.6 is 0 Å². The zero-order valence-electron chi connectivity index (χ0n) is 6.91. The Bertz CT molecular complexity index is 114. The van der Waals surface area contributed by atoms with Gasteiger partial charge in [0.1, 0.15) is 0 Å². The molecular formula is C7H17N2Si. The zero-order chi connectivity index (χ0) is 7.61. The lowest BCUT2D eigenvalue weighted by atomic mass is 10.4. The van der Waals surface area contributed by atoms with Crippen molar-refractivity contribution in [2.24, 2.45) is 5.73 Å². The van der Waals surface area contributed by atoms with Gasteiger partial charge >= 0.3 is 0 Å². The second-order valence-electron chi connectivity index (χ2n) is 3.44. The fourth-order valence-corrected chi connectivity index (χ4v) is 4.23. The van der Waals surface area contributed by atoms with Crippen LogP contribution in [0.15, 0.2) is 0 Å². The Balaban J connectivity index is 2.43. The molecule has 0 unspecified atom stereocenters. The Morgan fingerprint density at radius 3 is 2.70 bits per heavy atom. The highest BCUT2D eigenvalue weighted by molar-refractivity contribution is 6.63. The van der Waals surface area contributed by atoms with Crippen LogP contribution in [0.4, 0.5) is 0 Å². The Morgan fingerprint density at radius 1 is 1.60 bits per heavy atom. The van der Waals surface area contributed by atoms with Crippen LogP contribution in [0.25, 0.3) is 0 Å². The Kier molecular flexibility index (Phi) is 2.49. The predicted octanol–water partition coefficient (Wildman–Crippen LogP) is 0.361. The summed E-state index contributed by atoms with van der Waals surface area (Å²) >= 11 is 0. The van der Waals surface area contributed by atoms with E-state index in [0.717, 1.165) is 6.54 Å². The van der Waals surface area contributed by atoms with E-state index in [4.69, 9.17) is 5.73 Å². The van der Waals surface area contributed by atoms with Gasteiger partial charge in [-0.05, 0) is 25.2 Å². The maximum absolute atomic E-state index is 5.53. The highest BCUT2D eigenvalue weighted by atomic mass is 28.3. The zero-order valence-corrected chi connectivity index (χ0v) is 7.91. The summed E-state index contributed by atoms with van der Waals surface area (Å²) in [4.78, 5) is 0. The highest BCUT2D eigenvalue weighted by Crippen LogP contribution is 2.20. The van der Waals surface area contributed by atoms with Crippen LogP contribution < -0.4 is 11.1 Å². The quantitative estimate of drug-likeness (QED) is 0.568. The molecule has 2 nitrogen and oxygen atoms in total. The number of hydrogen-bond donors (Lipinski definition) is 2. The van der Waals surface area contributed by atoms with E-state index in [9.17, 15) is 0 Å². The molecule has 0 bridgehead atoms. The first-order valence-electron chi connectivity index (χ1n) is 3.97. The van der Waals surface area contributed by atoms with E-state index >= 15 is 0 Å². The Labute approximate surface area is 64.8 Å². The number of rotatable bonds is 2. The van der Waals surface area contributed by atoms with Gasteiger partial charge in [-0.1, -0.05) is 13.8 Å². The molecule has 0 aliphatic carbocycles. The third-order valence-electron chi connectivity index (χ3n) is 2.32. The second kappa shape index (κ2) is 3.03. The summed E-state index contributed by atoms with van der Waals surface area (Å²) < 4.78 is 0. The minimum Gasteiger partial charge on any atom is -0.331 e. The number of hydrogen-bond acceptors (Lipinski definition) is 2. The fraction of sp³-hybridized carbons (Fsp3) is 1.00.